The number of nitriles is 1. The van der Waals surface area contributed by atoms with Crippen molar-refractivity contribution in [1.29, 1.82) is 5.26 Å². The van der Waals surface area contributed by atoms with Gasteiger partial charge >= 0.3 is 0 Å². The van der Waals surface area contributed by atoms with Crippen LogP contribution in [-0.2, 0) is 0 Å². The zero-order chi connectivity index (χ0) is 10.4. The minimum absolute atomic E-state index is 0.172. The maximum absolute atomic E-state index is 9.22. The molecule has 14 heavy (non-hydrogen) atoms. The highest BCUT2D eigenvalue weighted by Gasteiger charge is 2.26. The largest absolute Gasteiger partial charge is 0.288 e. The smallest absolute Gasteiger partial charge is 0.101 e. The summed E-state index contributed by atoms with van der Waals surface area (Å²) >= 11 is 0. The van der Waals surface area contributed by atoms with Crippen LogP contribution in [0.5, 0.6) is 0 Å². The second kappa shape index (κ2) is 6.03. The first-order valence-corrected chi connectivity index (χ1v) is 5.97. The Kier molecular flexibility index (Phi) is 4.97. The first kappa shape index (κ1) is 11.5. The highest BCUT2D eigenvalue weighted by Crippen LogP contribution is 2.28. The van der Waals surface area contributed by atoms with Gasteiger partial charge in [-0.3, -0.25) is 4.90 Å². The van der Waals surface area contributed by atoms with Crippen LogP contribution < -0.4 is 0 Å². The van der Waals surface area contributed by atoms with E-state index in [1.807, 2.05) is 0 Å². The minimum Gasteiger partial charge on any atom is -0.288 e. The molecule has 1 aliphatic rings. The number of nitrogens with zero attached hydrogens (tertiary/aromatic N) is 2. The molecule has 80 valence electrons. The van der Waals surface area contributed by atoms with E-state index in [4.69, 9.17) is 0 Å². The molecule has 0 aromatic carbocycles. The molecular formula is C12H22N2. The molecule has 2 heteroatoms. The van der Waals surface area contributed by atoms with E-state index >= 15 is 0 Å². The lowest BCUT2D eigenvalue weighted by Gasteiger charge is -2.33. The Morgan fingerprint density at radius 1 is 1.21 bits per heavy atom. The summed E-state index contributed by atoms with van der Waals surface area (Å²) in [6.07, 6.45) is 6.53. The molecule has 1 unspecified atom stereocenters. The van der Waals surface area contributed by atoms with E-state index < -0.39 is 0 Å². The fraction of sp³-hybridized carbons (Fsp3) is 0.917. The van der Waals surface area contributed by atoms with Crippen LogP contribution in [0, 0.1) is 17.2 Å². The average Bonchev–Trinajstić information content (AvgIpc) is 2.27. The van der Waals surface area contributed by atoms with Crippen LogP contribution in [0.1, 0.15) is 46.0 Å². The first-order chi connectivity index (χ1) is 6.83. The molecule has 0 spiro atoms. The number of rotatable bonds is 4. The van der Waals surface area contributed by atoms with Gasteiger partial charge in [-0.15, -0.1) is 0 Å². The molecule has 0 amide bonds. The Morgan fingerprint density at radius 3 is 2.21 bits per heavy atom. The van der Waals surface area contributed by atoms with Crippen molar-refractivity contribution in [3.05, 3.63) is 0 Å². The molecule has 0 N–H and O–H groups in total. The molecule has 2 nitrogen and oxygen atoms in total. The zero-order valence-electron chi connectivity index (χ0n) is 9.50. The van der Waals surface area contributed by atoms with Crippen LogP contribution in [0.4, 0.5) is 0 Å². The molecule has 0 heterocycles. The van der Waals surface area contributed by atoms with E-state index in [0.29, 0.717) is 5.92 Å². The molecule has 1 saturated carbocycles. The van der Waals surface area contributed by atoms with Crippen LogP contribution in [-0.4, -0.2) is 24.0 Å². The normalized spacial score (nSPS) is 20.7. The van der Waals surface area contributed by atoms with Crippen LogP contribution >= 0.6 is 0 Å². The predicted octanol–water partition coefficient (Wildman–Crippen LogP) is 2.80. The predicted molar refractivity (Wildman–Crippen MR) is 58.9 cm³/mol. The third kappa shape index (κ3) is 2.72. The van der Waals surface area contributed by atoms with Crippen molar-refractivity contribution in [3.63, 3.8) is 0 Å². The summed E-state index contributed by atoms with van der Waals surface area (Å²) in [7, 11) is 0. The fourth-order valence-corrected chi connectivity index (χ4v) is 2.55. The monoisotopic (exact) mass is 194 g/mol. The van der Waals surface area contributed by atoms with Crippen molar-refractivity contribution in [3.8, 4) is 6.07 Å². The Morgan fingerprint density at radius 2 is 1.79 bits per heavy atom. The molecule has 0 bridgehead atoms. The molecule has 0 aromatic heterocycles. The lowest BCUT2D eigenvalue weighted by molar-refractivity contribution is 0.167. The third-order valence-electron chi connectivity index (χ3n) is 3.43. The fourth-order valence-electron chi connectivity index (χ4n) is 2.55. The molecule has 0 aliphatic heterocycles. The van der Waals surface area contributed by atoms with Gasteiger partial charge in [0.2, 0.25) is 0 Å². The standard InChI is InChI=1S/C12H22N2/c1-3-14(4-2)12(10-13)11-8-6-5-7-9-11/h11-12H,3-9H2,1-2H3. The maximum Gasteiger partial charge on any atom is 0.101 e. The quantitative estimate of drug-likeness (QED) is 0.688. The average molecular weight is 194 g/mol. The summed E-state index contributed by atoms with van der Waals surface area (Å²) in [6, 6.07) is 2.67. The first-order valence-electron chi connectivity index (χ1n) is 5.97. The summed E-state index contributed by atoms with van der Waals surface area (Å²) in [5.41, 5.74) is 0. The molecule has 0 aromatic rings. The van der Waals surface area contributed by atoms with Crippen molar-refractivity contribution in [2.24, 2.45) is 5.92 Å². The van der Waals surface area contributed by atoms with E-state index in [9.17, 15) is 5.26 Å². The van der Waals surface area contributed by atoms with Gasteiger partial charge in [-0.05, 0) is 31.8 Å². The molecule has 0 saturated heterocycles. The van der Waals surface area contributed by atoms with Gasteiger partial charge in [-0.1, -0.05) is 33.1 Å². The Balaban J connectivity index is 2.55. The van der Waals surface area contributed by atoms with Crippen LogP contribution in [0.25, 0.3) is 0 Å². The van der Waals surface area contributed by atoms with Crippen molar-refractivity contribution >= 4 is 0 Å². The Bertz CT molecular complexity index is 185. The molecule has 1 atom stereocenters. The second-order valence-electron chi connectivity index (χ2n) is 4.19. The van der Waals surface area contributed by atoms with Gasteiger partial charge in [0.25, 0.3) is 0 Å². The van der Waals surface area contributed by atoms with Crippen molar-refractivity contribution in [2.75, 3.05) is 13.1 Å². The van der Waals surface area contributed by atoms with Crippen LogP contribution in [0.3, 0.4) is 0 Å². The van der Waals surface area contributed by atoms with Crippen molar-refractivity contribution in [2.45, 2.75) is 52.0 Å². The van der Waals surface area contributed by atoms with Gasteiger partial charge in [0.1, 0.15) is 6.04 Å². The van der Waals surface area contributed by atoms with E-state index in [0.717, 1.165) is 13.1 Å². The Labute approximate surface area is 87.9 Å². The molecule has 1 rings (SSSR count). The van der Waals surface area contributed by atoms with Gasteiger partial charge in [-0.25, -0.2) is 0 Å². The summed E-state index contributed by atoms with van der Waals surface area (Å²) in [5.74, 6) is 0.633. The molecule has 0 radical (unpaired) electrons. The SMILES string of the molecule is CCN(CC)C(C#N)C1CCCCC1. The van der Waals surface area contributed by atoms with E-state index in [1.165, 1.54) is 32.1 Å². The van der Waals surface area contributed by atoms with Crippen molar-refractivity contribution in [1.82, 2.24) is 4.90 Å². The lowest BCUT2D eigenvalue weighted by Crippen LogP contribution is -2.40. The summed E-state index contributed by atoms with van der Waals surface area (Å²) in [6.45, 7) is 6.31. The molecule has 1 aliphatic carbocycles. The summed E-state index contributed by atoms with van der Waals surface area (Å²) in [4.78, 5) is 2.30. The summed E-state index contributed by atoms with van der Waals surface area (Å²) in [5, 5.41) is 9.22. The van der Waals surface area contributed by atoms with Gasteiger partial charge in [0.15, 0.2) is 0 Å². The maximum atomic E-state index is 9.22. The van der Waals surface area contributed by atoms with Gasteiger partial charge in [-0.2, -0.15) is 5.26 Å². The number of hydrogen-bond donors (Lipinski definition) is 0. The topological polar surface area (TPSA) is 27.0 Å². The Hall–Kier alpha value is -0.550. The molecule has 1 fully saturated rings. The van der Waals surface area contributed by atoms with Crippen molar-refractivity contribution < 1.29 is 0 Å². The highest BCUT2D eigenvalue weighted by atomic mass is 15.1. The lowest BCUT2D eigenvalue weighted by atomic mass is 9.83. The summed E-state index contributed by atoms with van der Waals surface area (Å²) < 4.78 is 0. The highest BCUT2D eigenvalue weighted by molar-refractivity contribution is 4.96. The van der Waals surface area contributed by atoms with Gasteiger partial charge < -0.3 is 0 Å². The zero-order valence-corrected chi connectivity index (χ0v) is 9.50. The van der Waals surface area contributed by atoms with Crippen LogP contribution in [0.2, 0.25) is 0 Å². The third-order valence-corrected chi connectivity index (χ3v) is 3.43. The van der Waals surface area contributed by atoms with E-state index in [1.54, 1.807) is 0 Å². The molecular weight excluding hydrogens is 172 g/mol. The second-order valence-corrected chi connectivity index (χ2v) is 4.19. The van der Waals surface area contributed by atoms with E-state index in [-0.39, 0.29) is 6.04 Å². The van der Waals surface area contributed by atoms with E-state index in [2.05, 4.69) is 24.8 Å². The van der Waals surface area contributed by atoms with Gasteiger partial charge in [0.05, 0.1) is 6.07 Å². The van der Waals surface area contributed by atoms with Gasteiger partial charge in [0, 0.05) is 0 Å². The van der Waals surface area contributed by atoms with Crippen LogP contribution in [0.15, 0.2) is 0 Å². The number of hydrogen-bond acceptors (Lipinski definition) is 2. The minimum atomic E-state index is 0.172.